The number of carbonyl (C=O) groups excluding carboxylic acids is 1. The molecule has 4 rings (SSSR count). The maximum Gasteiger partial charge on any atom is 0.417 e. The number of aromatic nitrogens is 1. The molecule has 0 spiro atoms. The van der Waals surface area contributed by atoms with E-state index in [1.807, 2.05) is 0 Å². The van der Waals surface area contributed by atoms with Crippen LogP contribution in [-0.4, -0.2) is 26.1 Å². The molecule has 0 unspecified atom stereocenters. The van der Waals surface area contributed by atoms with Gasteiger partial charge in [-0.2, -0.15) is 13.2 Å². The van der Waals surface area contributed by atoms with Crippen molar-refractivity contribution in [3.63, 3.8) is 0 Å². The highest BCUT2D eigenvalue weighted by molar-refractivity contribution is 7.92. The first kappa shape index (κ1) is 23.2. The number of rotatable bonds is 6. The first-order valence-corrected chi connectivity index (χ1v) is 11.7. The van der Waals surface area contributed by atoms with Gasteiger partial charge in [-0.05, 0) is 60.7 Å². The summed E-state index contributed by atoms with van der Waals surface area (Å²) in [7, 11) is -3.22. The van der Waals surface area contributed by atoms with Crippen molar-refractivity contribution >= 4 is 33.3 Å². The van der Waals surface area contributed by atoms with Crippen LogP contribution in [0.25, 0.3) is 5.69 Å². The van der Waals surface area contributed by atoms with Crippen LogP contribution in [0.1, 0.15) is 40.2 Å². The van der Waals surface area contributed by atoms with Gasteiger partial charge in [-0.3, -0.25) is 4.72 Å². The highest BCUT2D eigenvalue weighted by Crippen LogP contribution is 2.44. The third-order valence-corrected chi connectivity index (χ3v) is 6.99. The van der Waals surface area contributed by atoms with Crippen molar-refractivity contribution in [2.45, 2.75) is 29.8 Å². The van der Waals surface area contributed by atoms with Crippen LogP contribution < -0.4 is 4.72 Å². The molecule has 1 fully saturated rings. The Bertz CT molecular complexity index is 1320. The maximum absolute atomic E-state index is 13.5. The molecule has 6 nitrogen and oxygen atoms in total. The summed E-state index contributed by atoms with van der Waals surface area (Å²) >= 11 is 5.88. The zero-order valence-electron chi connectivity index (χ0n) is 17.2. The van der Waals surface area contributed by atoms with E-state index in [-0.39, 0.29) is 27.8 Å². The van der Waals surface area contributed by atoms with Crippen molar-refractivity contribution in [1.82, 2.24) is 4.57 Å². The second-order valence-electron chi connectivity index (χ2n) is 7.56. The minimum atomic E-state index is -4.80. The van der Waals surface area contributed by atoms with E-state index in [2.05, 4.69) is 9.46 Å². The van der Waals surface area contributed by atoms with E-state index >= 15 is 0 Å². The van der Waals surface area contributed by atoms with Gasteiger partial charge in [-0.1, -0.05) is 17.7 Å². The lowest BCUT2D eigenvalue weighted by molar-refractivity contribution is -0.137. The topological polar surface area (TPSA) is 77.4 Å². The van der Waals surface area contributed by atoms with Gasteiger partial charge in [0.2, 0.25) is 0 Å². The van der Waals surface area contributed by atoms with Crippen LogP contribution >= 0.6 is 11.6 Å². The fourth-order valence-corrected chi connectivity index (χ4v) is 5.17. The maximum atomic E-state index is 13.5. The van der Waals surface area contributed by atoms with Crippen molar-refractivity contribution in [2.24, 2.45) is 0 Å². The summed E-state index contributed by atoms with van der Waals surface area (Å²) in [6.07, 6.45) is -0.160. The van der Waals surface area contributed by atoms with Crippen LogP contribution in [0.3, 0.4) is 0 Å². The normalized spacial score (nSPS) is 14.2. The number of ether oxygens (including phenoxy) is 1. The largest absolute Gasteiger partial charge is 0.465 e. The quantitative estimate of drug-likeness (QED) is 0.448. The van der Waals surface area contributed by atoms with Gasteiger partial charge in [0.15, 0.2) is 0 Å². The lowest BCUT2D eigenvalue weighted by atomic mass is 10.1. The molecule has 33 heavy (non-hydrogen) atoms. The molecule has 0 bridgehead atoms. The third-order valence-electron chi connectivity index (χ3n) is 5.26. The Morgan fingerprint density at radius 2 is 1.82 bits per heavy atom. The minimum Gasteiger partial charge on any atom is -0.465 e. The van der Waals surface area contributed by atoms with Gasteiger partial charge in [0.05, 0.1) is 39.5 Å². The molecule has 2 aromatic carbocycles. The Morgan fingerprint density at radius 1 is 1.15 bits per heavy atom. The molecule has 0 aliphatic heterocycles. The van der Waals surface area contributed by atoms with E-state index in [4.69, 9.17) is 11.6 Å². The van der Waals surface area contributed by atoms with Crippen LogP contribution in [0.4, 0.5) is 18.9 Å². The number of nitrogens with zero attached hydrogens (tertiary/aromatic N) is 1. The number of halogens is 4. The van der Waals surface area contributed by atoms with Gasteiger partial charge in [0.25, 0.3) is 10.0 Å². The molecular formula is C22H18ClF3N2O4S. The number of nitrogens with one attached hydrogen (secondary N) is 1. The molecule has 1 aliphatic carbocycles. The highest BCUT2D eigenvalue weighted by atomic mass is 35.5. The smallest absolute Gasteiger partial charge is 0.417 e. The molecule has 1 aromatic heterocycles. The first-order valence-electron chi connectivity index (χ1n) is 9.80. The average Bonchev–Trinajstić information content (AvgIpc) is 3.46. The number of esters is 1. The Kier molecular flexibility index (Phi) is 5.92. The molecule has 1 saturated carbocycles. The van der Waals surface area contributed by atoms with E-state index in [9.17, 15) is 26.4 Å². The van der Waals surface area contributed by atoms with Gasteiger partial charge < -0.3 is 9.30 Å². The number of anilines is 1. The Balaban J connectivity index is 1.85. The van der Waals surface area contributed by atoms with Crippen molar-refractivity contribution in [1.29, 1.82) is 0 Å². The predicted molar refractivity (Wildman–Crippen MR) is 116 cm³/mol. The Hall–Kier alpha value is -2.98. The first-order chi connectivity index (χ1) is 15.5. The minimum absolute atomic E-state index is 0.0110. The molecular weight excluding hydrogens is 481 g/mol. The summed E-state index contributed by atoms with van der Waals surface area (Å²) in [4.78, 5) is 11.8. The summed E-state index contributed by atoms with van der Waals surface area (Å²) in [5.74, 6) is -0.740. The molecule has 0 radical (unpaired) electrons. The zero-order chi connectivity index (χ0) is 24.0. The monoisotopic (exact) mass is 498 g/mol. The molecule has 0 amide bonds. The number of methoxy groups -OCH3 is 1. The molecule has 174 valence electrons. The second kappa shape index (κ2) is 8.42. The zero-order valence-corrected chi connectivity index (χ0v) is 18.8. The van der Waals surface area contributed by atoms with Crippen LogP contribution in [0.2, 0.25) is 5.02 Å². The molecule has 1 heterocycles. The van der Waals surface area contributed by atoms with E-state index in [0.29, 0.717) is 11.6 Å². The highest BCUT2D eigenvalue weighted by Gasteiger charge is 2.36. The third kappa shape index (κ3) is 4.72. The summed E-state index contributed by atoms with van der Waals surface area (Å²) in [5, 5.41) is -0.569. The van der Waals surface area contributed by atoms with E-state index in [0.717, 1.165) is 18.9 Å². The van der Waals surface area contributed by atoms with Gasteiger partial charge in [0, 0.05) is 12.4 Å². The molecule has 0 saturated heterocycles. The molecule has 0 atom stereocenters. The standard InChI is InChI=1S/C22H18ClF3N2O4S/c1-32-21(29)14-6-7-15(13-4-5-13)20(10-14)33(30,31)27-18-11-16(22(24,25)26)17(23)12-19(18)28-8-2-3-9-28/h2-3,6-13,27H,4-5H2,1H3. The van der Waals surface area contributed by atoms with E-state index < -0.39 is 32.8 Å². The number of sulfonamides is 1. The number of carbonyl (C=O) groups is 1. The molecule has 1 aliphatic rings. The van der Waals surface area contributed by atoms with Crippen molar-refractivity contribution in [3.8, 4) is 5.69 Å². The summed E-state index contributed by atoms with van der Waals surface area (Å²) in [5.41, 5.74) is -0.877. The number of hydrogen-bond donors (Lipinski definition) is 1. The summed E-state index contributed by atoms with van der Waals surface area (Å²) in [6.45, 7) is 0. The average molecular weight is 499 g/mol. The van der Waals surface area contributed by atoms with Crippen molar-refractivity contribution in [2.75, 3.05) is 11.8 Å². The van der Waals surface area contributed by atoms with E-state index in [1.54, 1.807) is 24.5 Å². The molecule has 11 heteroatoms. The second-order valence-corrected chi connectivity index (χ2v) is 9.62. The predicted octanol–water partition coefficient (Wildman–Crippen LogP) is 5.61. The number of benzene rings is 2. The lowest BCUT2D eigenvalue weighted by Crippen LogP contribution is -2.18. The fourth-order valence-electron chi connectivity index (χ4n) is 3.51. The summed E-state index contributed by atoms with van der Waals surface area (Å²) < 4.78 is 75.7. The van der Waals surface area contributed by atoms with Crippen LogP contribution in [0.15, 0.2) is 59.8 Å². The van der Waals surface area contributed by atoms with Gasteiger partial charge in [0.1, 0.15) is 0 Å². The Morgan fingerprint density at radius 3 is 2.39 bits per heavy atom. The van der Waals surface area contributed by atoms with Crippen LogP contribution in [0.5, 0.6) is 0 Å². The van der Waals surface area contributed by atoms with Crippen molar-refractivity contribution < 1.29 is 31.1 Å². The summed E-state index contributed by atoms with van der Waals surface area (Å²) in [6, 6.07) is 9.16. The number of hydrogen-bond acceptors (Lipinski definition) is 4. The lowest BCUT2D eigenvalue weighted by Gasteiger charge is -2.19. The van der Waals surface area contributed by atoms with E-state index in [1.165, 1.54) is 29.9 Å². The van der Waals surface area contributed by atoms with Crippen LogP contribution in [-0.2, 0) is 20.9 Å². The molecule has 1 N–H and O–H groups in total. The number of alkyl halides is 3. The SMILES string of the molecule is COC(=O)c1ccc(C2CC2)c(S(=O)(=O)Nc2cc(C(F)(F)F)c(Cl)cc2-n2cccc2)c1. The van der Waals surface area contributed by atoms with Crippen LogP contribution in [0, 0.1) is 0 Å². The van der Waals surface area contributed by atoms with Gasteiger partial charge in [-0.25, -0.2) is 13.2 Å². The fraction of sp³-hybridized carbons (Fsp3) is 0.227. The Labute approximate surface area is 193 Å². The van der Waals surface area contributed by atoms with Gasteiger partial charge >= 0.3 is 12.1 Å². The molecule has 3 aromatic rings. The van der Waals surface area contributed by atoms with Gasteiger partial charge in [-0.15, -0.1) is 0 Å². The van der Waals surface area contributed by atoms with Crippen molar-refractivity contribution in [3.05, 3.63) is 76.6 Å².